The number of nitrogens with zero attached hydrogens (tertiary/aromatic N) is 1. The number of carbonyl (C=O) groups is 2. The molecule has 116 valence electrons. The van der Waals surface area contributed by atoms with Crippen LogP contribution in [0, 0.1) is 5.92 Å². The number of likely N-dealkylation sites (tertiary alicyclic amines) is 1. The SMILES string of the molecule is CC1CCC(CN)CN1CC(=O)NC(=O)NC(C)(C)C. The van der Waals surface area contributed by atoms with Gasteiger partial charge in [0, 0.05) is 18.1 Å². The minimum absolute atomic E-state index is 0.245. The van der Waals surface area contributed by atoms with Crippen LogP contribution in [0.25, 0.3) is 0 Å². The Balaban J connectivity index is 2.43. The van der Waals surface area contributed by atoms with Crippen molar-refractivity contribution in [2.45, 2.75) is 52.1 Å². The lowest BCUT2D eigenvalue weighted by Gasteiger charge is -2.37. The number of nitrogens with two attached hydrogens (primary N) is 1. The van der Waals surface area contributed by atoms with Crippen LogP contribution in [0.1, 0.15) is 40.5 Å². The maximum absolute atomic E-state index is 11.9. The summed E-state index contributed by atoms with van der Waals surface area (Å²) in [5.41, 5.74) is 5.35. The lowest BCUT2D eigenvalue weighted by molar-refractivity contribution is -0.122. The van der Waals surface area contributed by atoms with Crippen LogP contribution in [0.4, 0.5) is 4.79 Å². The van der Waals surface area contributed by atoms with Crippen molar-refractivity contribution in [3.63, 3.8) is 0 Å². The third-order valence-electron chi connectivity index (χ3n) is 3.53. The Morgan fingerprint density at radius 2 is 1.95 bits per heavy atom. The predicted octanol–water partition coefficient (Wildman–Crippen LogP) is 0.670. The molecule has 1 aliphatic heterocycles. The van der Waals surface area contributed by atoms with E-state index >= 15 is 0 Å². The van der Waals surface area contributed by atoms with Crippen LogP contribution in [-0.2, 0) is 4.79 Å². The molecule has 20 heavy (non-hydrogen) atoms. The van der Waals surface area contributed by atoms with Crippen molar-refractivity contribution < 1.29 is 9.59 Å². The lowest BCUT2D eigenvalue weighted by atomic mass is 9.93. The monoisotopic (exact) mass is 284 g/mol. The van der Waals surface area contributed by atoms with Gasteiger partial charge < -0.3 is 11.1 Å². The number of amides is 3. The second kappa shape index (κ2) is 7.04. The fourth-order valence-corrected chi connectivity index (χ4v) is 2.40. The number of carbonyl (C=O) groups excluding carboxylic acids is 2. The second-order valence-corrected chi connectivity index (χ2v) is 6.71. The van der Waals surface area contributed by atoms with E-state index in [1.165, 1.54) is 0 Å². The summed E-state index contributed by atoms with van der Waals surface area (Å²) in [6.07, 6.45) is 2.16. The molecular weight excluding hydrogens is 256 g/mol. The van der Waals surface area contributed by atoms with E-state index in [1.54, 1.807) is 0 Å². The average Bonchev–Trinajstić information content (AvgIpc) is 2.29. The van der Waals surface area contributed by atoms with Gasteiger partial charge in [0.05, 0.1) is 6.54 Å². The number of urea groups is 1. The third kappa shape index (κ3) is 5.88. The third-order valence-corrected chi connectivity index (χ3v) is 3.53. The van der Waals surface area contributed by atoms with Crippen molar-refractivity contribution >= 4 is 11.9 Å². The molecule has 0 aromatic rings. The number of nitrogens with one attached hydrogen (secondary N) is 2. The first-order valence-electron chi connectivity index (χ1n) is 7.27. The highest BCUT2D eigenvalue weighted by molar-refractivity contribution is 5.95. The molecule has 3 amide bonds. The van der Waals surface area contributed by atoms with E-state index in [1.807, 2.05) is 20.8 Å². The van der Waals surface area contributed by atoms with E-state index in [-0.39, 0.29) is 18.0 Å². The first-order chi connectivity index (χ1) is 9.21. The smallest absolute Gasteiger partial charge is 0.321 e. The molecule has 1 saturated heterocycles. The molecule has 0 spiro atoms. The maximum Gasteiger partial charge on any atom is 0.321 e. The molecule has 0 saturated carbocycles. The first-order valence-corrected chi connectivity index (χ1v) is 7.27. The number of hydrogen-bond donors (Lipinski definition) is 3. The second-order valence-electron chi connectivity index (χ2n) is 6.71. The summed E-state index contributed by atoms with van der Waals surface area (Å²) in [7, 11) is 0. The van der Waals surface area contributed by atoms with Gasteiger partial charge >= 0.3 is 6.03 Å². The Hall–Kier alpha value is -1.14. The molecule has 2 atom stereocenters. The average molecular weight is 284 g/mol. The first kappa shape index (κ1) is 16.9. The predicted molar refractivity (Wildman–Crippen MR) is 79.2 cm³/mol. The quantitative estimate of drug-likeness (QED) is 0.711. The van der Waals surface area contributed by atoms with Gasteiger partial charge in [0.25, 0.3) is 0 Å². The Morgan fingerprint density at radius 3 is 2.50 bits per heavy atom. The van der Waals surface area contributed by atoms with Crippen LogP contribution < -0.4 is 16.4 Å². The van der Waals surface area contributed by atoms with Crippen LogP contribution >= 0.6 is 0 Å². The highest BCUT2D eigenvalue weighted by Crippen LogP contribution is 2.20. The minimum atomic E-state index is -0.442. The van der Waals surface area contributed by atoms with Crippen LogP contribution in [0.3, 0.4) is 0 Å². The largest absolute Gasteiger partial charge is 0.333 e. The molecule has 1 rings (SSSR count). The molecule has 4 N–H and O–H groups in total. The topological polar surface area (TPSA) is 87.5 Å². The Kier molecular flexibility index (Phi) is 5.95. The van der Waals surface area contributed by atoms with Crippen LogP contribution in [0.15, 0.2) is 0 Å². The van der Waals surface area contributed by atoms with Crippen LogP contribution in [-0.4, -0.2) is 48.1 Å². The van der Waals surface area contributed by atoms with Gasteiger partial charge in [0.15, 0.2) is 0 Å². The summed E-state index contributed by atoms with van der Waals surface area (Å²) >= 11 is 0. The fourth-order valence-electron chi connectivity index (χ4n) is 2.40. The molecule has 0 bridgehead atoms. The van der Waals surface area contributed by atoms with E-state index in [4.69, 9.17) is 5.73 Å². The van der Waals surface area contributed by atoms with Gasteiger partial charge in [0.1, 0.15) is 0 Å². The molecule has 0 aliphatic carbocycles. The van der Waals surface area contributed by atoms with Gasteiger partial charge in [-0.25, -0.2) is 4.79 Å². The Morgan fingerprint density at radius 1 is 1.30 bits per heavy atom. The highest BCUT2D eigenvalue weighted by atomic mass is 16.2. The number of hydrogen-bond acceptors (Lipinski definition) is 4. The summed E-state index contributed by atoms with van der Waals surface area (Å²) < 4.78 is 0. The lowest BCUT2D eigenvalue weighted by Crippen LogP contribution is -2.52. The van der Waals surface area contributed by atoms with E-state index in [2.05, 4.69) is 22.5 Å². The summed E-state index contributed by atoms with van der Waals surface area (Å²) in [4.78, 5) is 25.6. The van der Waals surface area contributed by atoms with Gasteiger partial charge in [0.2, 0.25) is 5.91 Å². The van der Waals surface area contributed by atoms with Crippen LogP contribution in [0.5, 0.6) is 0 Å². The Bertz CT molecular complexity index is 352. The summed E-state index contributed by atoms with van der Waals surface area (Å²) in [6, 6.07) is -0.0863. The van der Waals surface area contributed by atoms with Crippen molar-refractivity contribution in [1.29, 1.82) is 0 Å². The van der Waals surface area contributed by atoms with Gasteiger partial charge in [-0.2, -0.15) is 0 Å². The molecule has 1 heterocycles. The maximum atomic E-state index is 11.9. The molecule has 2 unspecified atom stereocenters. The zero-order valence-corrected chi connectivity index (χ0v) is 13.0. The van der Waals surface area contributed by atoms with E-state index in [9.17, 15) is 9.59 Å². The Labute approximate surface area is 121 Å². The van der Waals surface area contributed by atoms with Crippen molar-refractivity contribution in [2.75, 3.05) is 19.6 Å². The number of imide groups is 1. The molecule has 6 heteroatoms. The molecule has 6 nitrogen and oxygen atoms in total. The normalized spacial score (nSPS) is 24.2. The van der Waals surface area contributed by atoms with Crippen molar-refractivity contribution in [3.05, 3.63) is 0 Å². The van der Waals surface area contributed by atoms with Gasteiger partial charge in [-0.1, -0.05) is 0 Å². The van der Waals surface area contributed by atoms with Crippen molar-refractivity contribution in [3.8, 4) is 0 Å². The fraction of sp³-hybridized carbons (Fsp3) is 0.857. The van der Waals surface area contributed by atoms with Crippen LogP contribution in [0.2, 0.25) is 0 Å². The molecule has 0 radical (unpaired) electrons. The minimum Gasteiger partial charge on any atom is -0.333 e. The summed E-state index contributed by atoms with van der Waals surface area (Å²) in [5.74, 6) is 0.179. The van der Waals surface area contributed by atoms with E-state index in [0.717, 1.165) is 19.4 Å². The number of piperidine rings is 1. The summed E-state index contributed by atoms with van der Waals surface area (Å²) in [6.45, 7) is 9.44. The standard InChI is InChI=1S/C14H28N4O2/c1-10-5-6-11(7-15)8-18(10)9-12(19)16-13(20)17-14(2,3)4/h10-11H,5-9,15H2,1-4H3,(H2,16,17,19,20). The molecule has 0 aromatic carbocycles. The van der Waals surface area contributed by atoms with Gasteiger partial charge in [-0.15, -0.1) is 0 Å². The van der Waals surface area contributed by atoms with Crippen molar-refractivity contribution in [1.82, 2.24) is 15.5 Å². The van der Waals surface area contributed by atoms with E-state index < -0.39 is 6.03 Å². The molecule has 1 fully saturated rings. The summed E-state index contributed by atoms with van der Waals surface area (Å²) in [5, 5.41) is 5.08. The molecular formula is C14H28N4O2. The number of rotatable bonds is 3. The zero-order valence-electron chi connectivity index (χ0n) is 13.0. The van der Waals surface area contributed by atoms with Crippen molar-refractivity contribution in [2.24, 2.45) is 11.7 Å². The van der Waals surface area contributed by atoms with E-state index in [0.29, 0.717) is 18.5 Å². The van der Waals surface area contributed by atoms with Gasteiger partial charge in [-0.3, -0.25) is 15.0 Å². The highest BCUT2D eigenvalue weighted by Gasteiger charge is 2.26. The molecule has 0 aromatic heterocycles. The zero-order chi connectivity index (χ0) is 15.3. The molecule has 1 aliphatic rings. The van der Waals surface area contributed by atoms with Gasteiger partial charge in [-0.05, 0) is 53.0 Å².